The number of hydrogen-bond donors (Lipinski definition) is 3. The van der Waals surface area contributed by atoms with Gasteiger partial charge in [0.25, 0.3) is 5.91 Å². The summed E-state index contributed by atoms with van der Waals surface area (Å²) in [7, 11) is -3.95. The Kier molecular flexibility index (Phi) is 15.0. The number of benzene rings is 1. The molecule has 266 valence electrons. The Morgan fingerprint density at radius 3 is 2.15 bits per heavy atom. The van der Waals surface area contributed by atoms with Crippen molar-refractivity contribution in [2.24, 2.45) is 0 Å². The maximum atomic E-state index is 13.5. The molecule has 1 aliphatic heterocycles. The minimum atomic E-state index is -5.84. The van der Waals surface area contributed by atoms with Gasteiger partial charge >= 0.3 is 27.7 Å². The second kappa shape index (κ2) is 18.1. The number of halogens is 3. The summed E-state index contributed by atoms with van der Waals surface area (Å²) < 4.78 is 62.6. The Labute approximate surface area is 275 Å². The lowest BCUT2D eigenvalue weighted by atomic mass is 10.1. The Hall–Kier alpha value is -4.52. The third kappa shape index (κ3) is 12.3. The fourth-order valence-corrected chi connectivity index (χ4v) is 4.27. The number of rotatable bonds is 12. The van der Waals surface area contributed by atoms with Gasteiger partial charge in [0.1, 0.15) is 17.6 Å². The minimum Gasteiger partial charge on any atom is -0.481 e. The molecule has 1 fully saturated rings. The molecule has 3 N–H and O–H groups in total. The highest BCUT2D eigenvalue weighted by Crippen LogP contribution is 2.21. The van der Waals surface area contributed by atoms with Gasteiger partial charge in [-0.25, -0.2) is 14.8 Å². The van der Waals surface area contributed by atoms with E-state index in [0.29, 0.717) is 11.6 Å². The molecule has 1 aliphatic rings. The largest absolute Gasteiger partial charge is 0.522 e. The number of anilines is 1. The molecule has 19 heteroatoms. The van der Waals surface area contributed by atoms with Gasteiger partial charge in [-0.05, 0) is 19.8 Å². The Bertz CT molecular complexity index is 1510. The van der Waals surface area contributed by atoms with Crippen LogP contribution in [0.25, 0.3) is 11.4 Å². The standard InChI is InChI=1S/C28H38N6O6.CHF3O3S/c1-4-6-14-32(3)23-19-22(29-25(31-23)20-10-8-7-9-11-20)26(37)30-21(12-13-24(35)36)27(38)33-15-17-34(18-16-33)28(39)40-5-2;2-1(3,4)8(5,6)7/h7-11,19,21H,4-6,12-18H2,1-3H3,(H,30,37)(H,35,36);(H,5,6,7)/t21-;/m0./s1. The molecule has 0 spiro atoms. The number of unbranched alkanes of at least 4 members (excludes halogenated alkanes) is 1. The number of ether oxygens (including phenoxy) is 1. The van der Waals surface area contributed by atoms with Gasteiger partial charge in [-0.3, -0.25) is 18.9 Å². The summed E-state index contributed by atoms with van der Waals surface area (Å²) in [5.41, 5.74) is -4.72. The molecule has 3 rings (SSSR count). The Balaban J connectivity index is 0.000000886. The Morgan fingerprint density at radius 2 is 1.62 bits per heavy atom. The lowest BCUT2D eigenvalue weighted by Crippen LogP contribution is -2.56. The quantitative estimate of drug-likeness (QED) is 0.216. The predicted molar refractivity (Wildman–Crippen MR) is 167 cm³/mol. The van der Waals surface area contributed by atoms with Gasteiger partial charge < -0.3 is 29.9 Å². The summed E-state index contributed by atoms with van der Waals surface area (Å²) >= 11 is 0. The number of amides is 3. The van der Waals surface area contributed by atoms with Crippen LogP contribution < -0.4 is 10.2 Å². The van der Waals surface area contributed by atoms with Crippen LogP contribution >= 0.6 is 0 Å². The molecule has 1 aromatic heterocycles. The second-order valence-corrected chi connectivity index (χ2v) is 11.9. The summed E-state index contributed by atoms with van der Waals surface area (Å²) in [4.78, 5) is 64.3. The van der Waals surface area contributed by atoms with E-state index in [-0.39, 0.29) is 51.3 Å². The predicted octanol–water partition coefficient (Wildman–Crippen LogP) is 3.04. The van der Waals surface area contributed by atoms with Crippen LogP contribution in [-0.4, -0.2) is 120 Å². The van der Waals surface area contributed by atoms with Crippen LogP contribution in [0, 0.1) is 0 Å². The molecule has 0 aliphatic carbocycles. The van der Waals surface area contributed by atoms with Crippen LogP contribution in [0.1, 0.15) is 50.0 Å². The van der Waals surface area contributed by atoms with Gasteiger partial charge in [-0.15, -0.1) is 0 Å². The van der Waals surface area contributed by atoms with Crippen LogP contribution in [0.3, 0.4) is 0 Å². The van der Waals surface area contributed by atoms with Crippen LogP contribution in [-0.2, 0) is 24.4 Å². The third-order valence-corrected chi connectivity index (χ3v) is 7.46. The van der Waals surface area contributed by atoms with E-state index in [2.05, 4.69) is 22.2 Å². The lowest BCUT2D eigenvalue weighted by Gasteiger charge is -2.35. The van der Waals surface area contributed by atoms with E-state index in [4.69, 9.17) is 17.7 Å². The highest BCUT2D eigenvalue weighted by molar-refractivity contribution is 7.86. The molecule has 0 saturated carbocycles. The van der Waals surface area contributed by atoms with E-state index in [1.165, 1.54) is 9.80 Å². The van der Waals surface area contributed by atoms with E-state index >= 15 is 0 Å². The first kappa shape index (κ1) is 39.7. The fourth-order valence-electron chi connectivity index (χ4n) is 4.27. The molecule has 1 aromatic carbocycles. The average Bonchev–Trinajstić information content (AvgIpc) is 3.04. The van der Waals surface area contributed by atoms with Crippen LogP contribution in [0.2, 0.25) is 0 Å². The number of carbonyl (C=O) groups excluding carboxylic acids is 3. The Morgan fingerprint density at radius 1 is 1.04 bits per heavy atom. The smallest absolute Gasteiger partial charge is 0.481 e. The zero-order valence-electron chi connectivity index (χ0n) is 26.6. The molecule has 2 aromatic rings. The van der Waals surface area contributed by atoms with Crippen molar-refractivity contribution < 1.29 is 55.2 Å². The van der Waals surface area contributed by atoms with E-state index in [9.17, 15) is 37.5 Å². The number of carboxylic acid groups (broad SMARTS) is 1. The van der Waals surface area contributed by atoms with Gasteiger partial charge in [-0.2, -0.15) is 21.6 Å². The number of carboxylic acids is 1. The molecule has 15 nitrogen and oxygen atoms in total. The first-order chi connectivity index (χ1) is 22.5. The number of nitrogens with zero attached hydrogens (tertiary/aromatic N) is 5. The van der Waals surface area contributed by atoms with Crippen LogP contribution in [0.15, 0.2) is 36.4 Å². The number of alkyl halides is 3. The van der Waals surface area contributed by atoms with E-state index < -0.39 is 45.5 Å². The number of hydrogen-bond acceptors (Lipinski definition) is 10. The SMILES string of the molecule is CCCCN(C)c1cc(C(=O)N[C@@H](CCC(=O)O)C(=O)N2CCN(C(=O)OCC)CC2)nc(-c2ccccc2)n1.O=S(=O)(O)C(F)(F)F. The highest BCUT2D eigenvalue weighted by atomic mass is 32.2. The average molecular weight is 705 g/mol. The van der Waals surface area contributed by atoms with Crippen molar-refractivity contribution in [3.8, 4) is 11.4 Å². The summed E-state index contributed by atoms with van der Waals surface area (Å²) in [6.45, 7) is 5.86. The highest BCUT2D eigenvalue weighted by Gasteiger charge is 2.44. The van der Waals surface area contributed by atoms with Crippen molar-refractivity contribution in [3.05, 3.63) is 42.1 Å². The molecular formula is C29H39F3N6O9S. The number of nitrogens with one attached hydrogen (secondary N) is 1. The fraction of sp³-hybridized carbons (Fsp3) is 0.517. The third-order valence-electron chi connectivity index (χ3n) is 6.88. The van der Waals surface area contributed by atoms with Gasteiger partial charge in [0.15, 0.2) is 5.82 Å². The molecule has 1 saturated heterocycles. The van der Waals surface area contributed by atoms with E-state index in [1.807, 2.05) is 42.3 Å². The number of piperazine rings is 1. The molecule has 3 amide bonds. The maximum Gasteiger partial charge on any atom is 0.522 e. The van der Waals surface area contributed by atoms with Crippen molar-refractivity contribution in [1.82, 2.24) is 25.1 Å². The van der Waals surface area contributed by atoms with Gasteiger partial charge in [0.05, 0.1) is 6.61 Å². The first-order valence-corrected chi connectivity index (χ1v) is 16.3. The van der Waals surface area contributed by atoms with Crippen molar-refractivity contribution in [1.29, 1.82) is 0 Å². The minimum absolute atomic E-state index is 0.0763. The summed E-state index contributed by atoms with van der Waals surface area (Å²) in [5, 5.41) is 12.0. The molecule has 1 atom stereocenters. The molecule has 48 heavy (non-hydrogen) atoms. The second-order valence-electron chi connectivity index (χ2n) is 10.5. The topological polar surface area (TPSA) is 200 Å². The molecule has 0 unspecified atom stereocenters. The zero-order valence-corrected chi connectivity index (χ0v) is 27.5. The van der Waals surface area contributed by atoms with E-state index in [0.717, 1.165) is 24.9 Å². The van der Waals surface area contributed by atoms with Crippen LogP contribution in [0.4, 0.5) is 23.8 Å². The van der Waals surface area contributed by atoms with Gasteiger partial charge in [-0.1, -0.05) is 43.7 Å². The van der Waals surface area contributed by atoms with Crippen molar-refractivity contribution in [2.75, 3.05) is 51.3 Å². The summed E-state index contributed by atoms with van der Waals surface area (Å²) in [6.07, 6.45) is 1.11. The van der Waals surface area contributed by atoms with Gasteiger partial charge in [0, 0.05) is 57.8 Å². The zero-order chi connectivity index (χ0) is 36.1. The molecule has 0 radical (unpaired) electrons. The van der Waals surface area contributed by atoms with Crippen molar-refractivity contribution >= 4 is 39.8 Å². The first-order valence-electron chi connectivity index (χ1n) is 14.9. The van der Waals surface area contributed by atoms with Gasteiger partial charge in [0.2, 0.25) is 5.91 Å². The summed E-state index contributed by atoms with van der Waals surface area (Å²) in [6, 6.07) is 9.79. The number of aliphatic carboxylic acids is 1. The monoisotopic (exact) mass is 704 g/mol. The molecule has 2 heterocycles. The maximum absolute atomic E-state index is 13.5. The van der Waals surface area contributed by atoms with Crippen LogP contribution in [0.5, 0.6) is 0 Å². The normalized spacial score (nSPS) is 13.9. The number of carbonyl (C=O) groups is 4. The van der Waals surface area contributed by atoms with Crippen molar-refractivity contribution in [3.63, 3.8) is 0 Å². The van der Waals surface area contributed by atoms with Crippen molar-refractivity contribution in [2.45, 2.75) is 51.1 Å². The molecular weight excluding hydrogens is 665 g/mol. The molecule has 0 bridgehead atoms. The van der Waals surface area contributed by atoms with E-state index in [1.54, 1.807) is 13.0 Å². The number of aromatic nitrogens is 2. The lowest BCUT2D eigenvalue weighted by molar-refractivity contribution is -0.138. The summed E-state index contributed by atoms with van der Waals surface area (Å²) in [5.74, 6) is -1.15.